The lowest BCUT2D eigenvalue weighted by atomic mass is 10.1. The lowest BCUT2D eigenvalue weighted by Crippen LogP contribution is -1.83. The molecule has 1 aromatic heterocycles. The Morgan fingerprint density at radius 2 is 2.00 bits per heavy atom. The highest BCUT2D eigenvalue weighted by Gasteiger charge is 2.15. The fourth-order valence-electron chi connectivity index (χ4n) is 2.37. The second-order valence-corrected chi connectivity index (χ2v) is 4.56. The van der Waals surface area contributed by atoms with Gasteiger partial charge in [-0.1, -0.05) is 31.2 Å². The molecular formula is C16H16O. The predicted molar refractivity (Wildman–Crippen MR) is 70.7 cm³/mol. The van der Waals surface area contributed by atoms with Gasteiger partial charge in [-0.05, 0) is 41.3 Å². The van der Waals surface area contributed by atoms with Gasteiger partial charge in [-0.15, -0.1) is 0 Å². The average Bonchev–Trinajstić information content (AvgIpc) is 2.94. The first-order valence-electron chi connectivity index (χ1n) is 6.24. The van der Waals surface area contributed by atoms with Crippen molar-refractivity contribution >= 4 is 11.6 Å². The molecule has 0 radical (unpaired) electrons. The monoisotopic (exact) mass is 224 g/mol. The van der Waals surface area contributed by atoms with Gasteiger partial charge in [-0.2, -0.15) is 0 Å². The number of hydrogen-bond donors (Lipinski definition) is 0. The highest BCUT2D eigenvalue weighted by molar-refractivity contribution is 5.86. The number of furan rings is 1. The van der Waals surface area contributed by atoms with E-state index in [1.54, 1.807) is 0 Å². The van der Waals surface area contributed by atoms with Crippen molar-refractivity contribution in [3.05, 3.63) is 59.0 Å². The lowest BCUT2D eigenvalue weighted by Gasteiger charge is -1.97. The van der Waals surface area contributed by atoms with Crippen LogP contribution in [-0.4, -0.2) is 0 Å². The Kier molecular flexibility index (Phi) is 2.60. The van der Waals surface area contributed by atoms with Crippen molar-refractivity contribution < 1.29 is 4.42 Å². The van der Waals surface area contributed by atoms with Crippen molar-refractivity contribution in [2.24, 2.45) is 0 Å². The van der Waals surface area contributed by atoms with Crippen LogP contribution in [0.1, 0.15) is 36.0 Å². The molecule has 1 aliphatic rings. The van der Waals surface area contributed by atoms with Gasteiger partial charge in [-0.3, -0.25) is 0 Å². The molecule has 0 fully saturated rings. The maximum atomic E-state index is 5.87. The van der Waals surface area contributed by atoms with E-state index < -0.39 is 0 Å². The van der Waals surface area contributed by atoms with Crippen molar-refractivity contribution in [2.45, 2.75) is 26.2 Å². The minimum atomic E-state index is 0.995. The van der Waals surface area contributed by atoms with E-state index in [-0.39, 0.29) is 0 Å². The van der Waals surface area contributed by atoms with E-state index in [1.165, 1.54) is 16.7 Å². The summed E-state index contributed by atoms with van der Waals surface area (Å²) in [5, 5.41) is 0. The van der Waals surface area contributed by atoms with Gasteiger partial charge in [0, 0.05) is 12.8 Å². The Morgan fingerprint density at radius 3 is 2.82 bits per heavy atom. The number of hydrogen-bond acceptors (Lipinski definition) is 1. The van der Waals surface area contributed by atoms with Crippen molar-refractivity contribution in [1.29, 1.82) is 0 Å². The minimum Gasteiger partial charge on any atom is -0.461 e. The van der Waals surface area contributed by atoms with Crippen LogP contribution < -0.4 is 0 Å². The average molecular weight is 224 g/mol. The molecular weight excluding hydrogens is 208 g/mol. The molecule has 3 rings (SSSR count). The summed E-state index contributed by atoms with van der Waals surface area (Å²) in [4.78, 5) is 0. The zero-order valence-electron chi connectivity index (χ0n) is 10.1. The first-order valence-corrected chi connectivity index (χ1v) is 6.24. The highest BCUT2D eigenvalue weighted by atomic mass is 16.3. The summed E-state index contributed by atoms with van der Waals surface area (Å²) < 4.78 is 5.87. The second kappa shape index (κ2) is 4.25. The third kappa shape index (κ3) is 1.93. The first-order chi connectivity index (χ1) is 8.36. The number of fused-ring (bicyclic) bond motifs is 1. The molecule has 0 spiro atoms. The third-order valence-electron chi connectivity index (χ3n) is 3.24. The van der Waals surface area contributed by atoms with Gasteiger partial charge in [0.1, 0.15) is 11.5 Å². The van der Waals surface area contributed by atoms with Crippen molar-refractivity contribution in [2.75, 3.05) is 0 Å². The SMILES string of the molecule is CCCc1ccc(C2=Cc3ccccc3C2)o1. The van der Waals surface area contributed by atoms with Crippen molar-refractivity contribution in [3.63, 3.8) is 0 Å². The summed E-state index contributed by atoms with van der Waals surface area (Å²) in [5.74, 6) is 2.13. The molecule has 0 aliphatic heterocycles. The Bertz CT molecular complexity index is 560. The van der Waals surface area contributed by atoms with E-state index >= 15 is 0 Å². The number of rotatable bonds is 3. The summed E-state index contributed by atoms with van der Waals surface area (Å²) in [6, 6.07) is 12.7. The van der Waals surface area contributed by atoms with Crippen LogP contribution in [0.5, 0.6) is 0 Å². The van der Waals surface area contributed by atoms with E-state index in [9.17, 15) is 0 Å². The second-order valence-electron chi connectivity index (χ2n) is 4.56. The fraction of sp³-hybridized carbons (Fsp3) is 0.250. The van der Waals surface area contributed by atoms with Crippen LogP contribution in [0.4, 0.5) is 0 Å². The molecule has 0 amide bonds. The number of aryl methyl sites for hydroxylation is 1. The molecule has 1 aliphatic carbocycles. The predicted octanol–water partition coefficient (Wildman–Crippen LogP) is 4.33. The summed E-state index contributed by atoms with van der Waals surface area (Å²) in [5.41, 5.74) is 4.03. The fourth-order valence-corrected chi connectivity index (χ4v) is 2.37. The van der Waals surface area contributed by atoms with Gasteiger partial charge in [0.2, 0.25) is 0 Å². The molecule has 0 bridgehead atoms. The van der Waals surface area contributed by atoms with Crippen LogP contribution in [-0.2, 0) is 12.8 Å². The minimum absolute atomic E-state index is 0.995. The Balaban J connectivity index is 1.87. The summed E-state index contributed by atoms with van der Waals surface area (Å²) in [6.45, 7) is 2.17. The third-order valence-corrected chi connectivity index (χ3v) is 3.24. The van der Waals surface area contributed by atoms with Gasteiger partial charge in [0.05, 0.1) is 0 Å². The van der Waals surface area contributed by atoms with Crippen molar-refractivity contribution in [3.8, 4) is 0 Å². The van der Waals surface area contributed by atoms with Crippen LogP contribution in [0.3, 0.4) is 0 Å². The molecule has 1 heteroatoms. The topological polar surface area (TPSA) is 13.1 Å². The van der Waals surface area contributed by atoms with Gasteiger partial charge in [0.25, 0.3) is 0 Å². The Labute approximate surface area is 102 Å². The van der Waals surface area contributed by atoms with Crippen LogP contribution in [0.2, 0.25) is 0 Å². The normalized spacial score (nSPS) is 13.6. The van der Waals surface area contributed by atoms with Crippen molar-refractivity contribution in [1.82, 2.24) is 0 Å². The quantitative estimate of drug-likeness (QED) is 0.756. The van der Waals surface area contributed by atoms with Gasteiger partial charge in [0.15, 0.2) is 0 Å². The highest BCUT2D eigenvalue weighted by Crippen LogP contribution is 2.32. The maximum Gasteiger partial charge on any atom is 0.130 e. The molecule has 0 saturated heterocycles. The number of benzene rings is 1. The molecule has 17 heavy (non-hydrogen) atoms. The lowest BCUT2D eigenvalue weighted by molar-refractivity contribution is 0.495. The molecule has 0 unspecified atom stereocenters. The molecule has 1 heterocycles. The molecule has 0 atom stereocenters. The largest absolute Gasteiger partial charge is 0.461 e. The summed E-state index contributed by atoms with van der Waals surface area (Å²) >= 11 is 0. The maximum absolute atomic E-state index is 5.87. The molecule has 2 aromatic rings. The zero-order valence-corrected chi connectivity index (χ0v) is 10.1. The Morgan fingerprint density at radius 1 is 1.12 bits per heavy atom. The standard InChI is InChI=1S/C16H16O/c1-2-5-15-8-9-16(17-15)14-10-12-6-3-4-7-13(12)11-14/h3-4,6-10H,2,5,11H2,1H3. The molecule has 0 saturated carbocycles. The molecule has 1 nitrogen and oxygen atoms in total. The first kappa shape index (κ1) is 10.4. The van der Waals surface area contributed by atoms with E-state index in [1.807, 2.05) is 0 Å². The number of allylic oxidation sites excluding steroid dienone is 1. The van der Waals surface area contributed by atoms with Gasteiger partial charge in [-0.25, -0.2) is 0 Å². The van der Waals surface area contributed by atoms with Crippen LogP contribution in [0.15, 0.2) is 40.8 Å². The summed E-state index contributed by atoms with van der Waals surface area (Å²) in [6.07, 6.45) is 5.39. The zero-order chi connectivity index (χ0) is 11.7. The van der Waals surface area contributed by atoms with Crippen LogP contribution >= 0.6 is 0 Å². The summed E-state index contributed by atoms with van der Waals surface area (Å²) in [7, 11) is 0. The molecule has 86 valence electrons. The van der Waals surface area contributed by atoms with E-state index in [0.717, 1.165) is 30.8 Å². The van der Waals surface area contributed by atoms with E-state index in [0.29, 0.717) is 0 Å². The van der Waals surface area contributed by atoms with E-state index in [4.69, 9.17) is 4.42 Å². The molecule has 0 N–H and O–H groups in total. The molecule has 1 aromatic carbocycles. The van der Waals surface area contributed by atoms with Crippen LogP contribution in [0.25, 0.3) is 11.6 Å². The Hall–Kier alpha value is -1.76. The smallest absolute Gasteiger partial charge is 0.130 e. The van der Waals surface area contributed by atoms with E-state index in [2.05, 4.69) is 49.4 Å². The van der Waals surface area contributed by atoms with Crippen LogP contribution in [0, 0.1) is 0 Å². The van der Waals surface area contributed by atoms with Gasteiger partial charge >= 0.3 is 0 Å². The van der Waals surface area contributed by atoms with Gasteiger partial charge < -0.3 is 4.42 Å².